The SMILES string of the molecule is CCN1CCCCC1CNC(N)=NCc1ccc(OC(F)(F)F)cc1. The Morgan fingerprint density at radius 2 is 2.04 bits per heavy atom. The van der Waals surface area contributed by atoms with Gasteiger partial charge in [-0.2, -0.15) is 0 Å². The molecule has 0 spiro atoms. The van der Waals surface area contributed by atoms with Gasteiger partial charge in [0.1, 0.15) is 5.75 Å². The number of likely N-dealkylation sites (tertiary alicyclic amines) is 1. The van der Waals surface area contributed by atoms with E-state index in [1.165, 1.54) is 37.1 Å². The lowest BCUT2D eigenvalue weighted by Crippen LogP contribution is -2.47. The van der Waals surface area contributed by atoms with Crippen molar-refractivity contribution in [2.24, 2.45) is 10.7 Å². The summed E-state index contributed by atoms with van der Waals surface area (Å²) in [6.07, 6.45) is -1.07. The maximum atomic E-state index is 12.1. The number of alkyl halides is 3. The third kappa shape index (κ3) is 6.81. The van der Waals surface area contributed by atoms with Gasteiger partial charge < -0.3 is 15.8 Å². The van der Waals surface area contributed by atoms with Crippen molar-refractivity contribution >= 4 is 5.96 Å². The van der Waals surface area contributed by atoms with E-state index < -0.39 is 6.36 Å². The number of aliphatic imine (C=N–C) groups is 1. The molecule has 1 aliphatic rings. The molecule has 1 aliphatic heterocycles. The predicted molar refractivity (Wildman–Crippen MR) is 91.3 cm³/mol. The number of nitrogens with two attached hydrogens (primary N) is 1. The van der Waals surface area contributed by atoms with E-state index >= 15 is 0 Å². The minimum Gasteiger partial charge on any atom is -0.406 e. The summed E-state index contributed by atoms with van der Waals surface area (Å²) in [5.74, 6) is 0.0977. The van der Waals surface area contributed by atoms with Crippen LogP contribution in [0.25, 0.3) is 0 Å². The average molecular weight is 358 g/mol. The van der Waals surface area contributed by atoms with Crippen LogP contribution in [0, 0.1) is 0 Å². The molecule has 1 fully saturated rings. The van der Waals surface area contributed by atoms with E-state index in [9.17, 15) is 13.2 Å². The second kappa shape index (κ2) is 8.94. The average Bonchev–Trinajstić information content (AvgIpc) is 2.58. The number of benzene rings is 1. The van der Waals surface area contributed by atoms with Gasteiger partial charge in [0.05, 0.1) is 6.54 Å². The third-order valence-corrected chi connectivity index (χ3v) is 4.26. The number of nitrogens with zero attached hydrogens (tertiary/aromatic N) is 2. The molecule has 1 unspecified atom stereocenters. The van der Waals surface area contributed by atoms with Crippen LogP contribution in [0.3, 0.4) is 0 Å². The van der Waals surface area contributed by atoms with Crippen molar-refractivity contribution in [3.05, 3.63) is 29.8 Å². The Morgan fingerprint density at radius 3 is 2.68 bits per heavy atom. The van der Waals surface area contributed by atoms with Gasteiger partial charge in [-0.1, -0.05) is 25.5 Å². The molecule has 1 heterocycles. The summed E-state index contributed by atoms with van der Waals surface area (Å²) in [5.41, 5.74) is 6.64. The van der Waals surface area contributed by atoms with Crippen LogP contribution < -0.4 is 15.8 Å². The monoisotopic (exact) mass is 358 g/mol. The van der Waals surface area contributed by atoms with E-state index in [4.69, 9.17) is 5.73 Å². The Kier molecular flexibility index (Phi) is 6.92. The van der Waals surface area contributed by atoms with E-state index in [2.05, 4.69) is 26.9 Å². The van der Waals surface area contributed by atoms with Crippen LogP contribution in [0.15, 0.2) is 29.3 Å². The van der Waals surface area contributed by atoms with Gasteiger partial charge in [-0.05, 0) is 43.6 Å². The summed E-state index contributed by atoms with van der Waals surface area (Å²) < 4.78 is 40.2. The molecule has 0 bridgehead atoms. The maximum absolute atomic E-state index is 12.1. The van der Waals surface area contributed by atoms with Crippen molar-refractivity contribution in [1.29, 1.82) is 0 Å². The van der Waals surface area contributed by atoms with Crippen molar-refractivity contribution in [3.8, 4) is 5.75 Å². The summed E-state index contributed by atoms with van der Waals surface area (Å²) in [5, 5.41) is 3.14. The molecule has 5 nitrogen and oxygen atoms in total. The number of ether oxygens (including phenoxy) is 1. The lowest BCUT2D eigenvalue weighted by molar-refractivity contribution is -0.274. The smallest absolute Gasteiger partial charge is 0.406 e. The van der Waals surface area contributed by atoms with Crippen molar-refractivity contribution in [3.63, 3.8) is 0 Å². The van der Waals surface area contributed by atoms with Crippen LogP contribution in [0.4, 0.5) is 13.2 Å². The second-order valence-corrected chi connectivity index (χ2v) is 6.05. The molecule has 1 aromatic rings. The maximum Gasteiger partial charge on any atom is 0.573 e. The van der Waals surface area contributed by atoms with E-state index in [0.29, 0.717) is 18.5 Å². The van der Waals surface area contributed by atoms with E-state index in [1.807, 2.05) is 0 Å². The molecule has 1 saturated heterocycles. The molecule has 1 atom stereocenters. The van der Waals surface area contributed by atoms with Crippen molar-refractivity contribution in [2.45, 2.75) is 45.1 Å². The minimum atomic E-state index is -4.68. The van der Waals surface area contributed by atoms with E-state index in [-0.39, 0.29) is 5.75 Å². The lowest BCUT2D eigenvalue weighted by atomic mass is 10.0. The van der Waals surface area contributed by atoms with Crippen LogP contribution in [0.1, 0.15) is 31.7 Å². The fourth-order valence-corrected chi connectivity index (χ4v) is 2.96. The van der Waals surface area contributed by atoms with Gasteiger partial charge in [0.15, 0.2) is 5.96 Å². The number of nitrogens with one attached hydrogen (secondary N) is 1. The van der Waals surface area contributed by atoms with Crippen LogP contribution in [-0.4, -0.2) is 42.9 Å². The number of halogens is 3. The van der Waals surface area contributed by atoms with Gasteiger partial charge in [0, 0.05) is 12.6 Å². The summed E-state index contributed by atoms with van der Waals surface area (Å²) in [6.45, 7) is 5.35. The van der Waals surface area contributed by atoms with Gasteiger partial charge in [-0.25, -0.2) is 4.99 Å². The number of hydrogen-bond acceptors (Lipinski definition) is 3. The van der Waals surface area contributed by atoms with Gasteiger partial charge in [-0.3, -0.25) is 4.90 Å². The van der Waals surface area contributed by atoms with Crippen LogP contribution >= 0.6 is 0 Å². The van der Waals surface area contributed by atoms with E-state index in [1.54, 1.807) is 0 Å². The Balaban J connectivity index is 1.80. The van der Waals surface area contributed by atoms with Crippen molar-refractivity contribution in [1.82, 2.24) is 10.2 Å². The quantitative estimate of drug-likeness (QED) is 0.606. The Morgan fingerprint density at radius 1 is 1.32 bits per heavy atom. The molecule has 0 aromatic heterocycles. The topological polar surface area (TPSA) is 62.9 Å². The molecule has 140 valence electrons. The summed E-state index contributed by atoms with van der Waals surface area (Å²) >= 11 is 0. The first-order valence-electron chi connectivity index (χ1n) is 8.50. The number of rotatable bonds is 6. The summed E-state index contributed by atoms with van der Waals surface area (Å²) in [4.78, 5) is 6.67. The fourth-order valence-electron chi connectivity index (χ4n) is 2.96. The highest BCUT2D eigenvalue weighted by Crippen LogP contribution is 2.22. The van der Waals surface area contributed by atoms with Gasteiger partial charge in [0.2, 0.25) is 0 Å². The minimum absolute atomic E-state index is 0.247. The van der Waals surface area contributed by atoms with E-state index in [0.717, 1.165) is 31.6 Å². The highest BCUT2D eigenvalue weighted by Gasteiger charge is 2.30. The normalized spacial score (nSPS) is 19.7. The first-order chi connectivity index (χ1) is 11.9. The molecule has 0 amide bonds. The zero-order chi connectivity index (χ0) is 18.3. The van der Waals surface area contributed by atoms with Crippen LogP contribution in [-0.2, 0) is 6.54 Å². The first kappa shape index (κ1) is 19.4. The fraction of sp³-hybridized carbons (Fsp3) is 0.588. The molecule has 0 aliphatic carbocycles. The molecule has 0 radical (unpaired) electrons. The Hall–Kier alpha value is -1.96. The largest absolute Gasteiger partial charge is 0.573 e. The molecular formula is C17H25F3N4O. The Labute approximate surface area is 146 Å². The Bertz CT molecular complexity index is 560. The van der Waals surface area contributed by atoms with Crippen LogP contribution in [0.5, 0.6) is 5.75 Å². The lowest BCUT2D eigenvalue weighted by Gasteiger charge is -2.35. The van der Waals surface area contributed by atoms with Crippen LogP contribution in [0.2, 0.25) is 0 Å². The molecular weight excluding hydrogens is 333 g/mol. The predicted octanol–water partition coefficient (Wildman–Crippen LogP) is 2.86. The molecule has 25 heavy (non-hydrogen) atoms. The van der Waals surface area contributed by atoms with Crippen molar-refractivity contribution in [2.75, 3.05) is 19.6 Å². The zero-order valence-electron chi connectivity index (χ0n) is 14.4. The summed E-state index contributed by atoms with van der Waals surface area (Å²) in [6, 6.07) is 6.08. The van der Waals surface area contributed by atoms with Gasteiger partial charge >= 0.3 is 6.36 Å². The van der Waals surface area contributed by atoms with Gasteiger partial charge in [-0.15, -0.1) is 13.2 Å². The first-order valence-corrected chi connectivity index (χ1v) is 8.50. The standard InChI is InChI=1S/C17H25F3N4O/c1-2-24-10-4-3-5-14(24)12-23-16(21)22-11-13-6-8-15(9-7-13)25-17(18,19)20/h6-9,14H,2-5,10-12H2,1H3,(H3,21,22,23). The molecule has 2 rings (SSSR count). The number of likely N-dealkylation sites (N-methyl/N-ethyl adjacent to an activating group) is 1. The molecule has 0 saturated carbocycles. The molecule has 8 heteroatoms. The second-order valence-electron chi connectivity index (χ2n) is 6.05. The number of piperidine rings is 1. The molecule has 3 N–H and O–H groups in total. The highest BCUT2D eigenvalue weighted by molar-refractivity contribution is 5.77. The zero-order valence-corrected chi connectivity index (χ0v) is 14.4. The summed E-state index contributed by atoms with van der Waals surface area (Å²) in [7, 11) is 0. The molecule has 1 aromatic carbocycles. The number of hydrogen-bond donors (Lipinski definition) is 2. The number of guanidine groups is 1. The van der Waals surface area contributed by atoms with Crippen molar-refractivity contribution < 1.29 is 17.9 Å². The van der Waals surface area contributed by atoms with Gasteiger partial charge in [0.25, 0.3) is 0 Å². The highest BCUT2D eigenvalue weighted by atomic mass is 19.4. The third-order valence-electron chi connectivity index (χ3n) is 4.26.